The summed E-state index contributed by atoms with van der Waals surface area (Å²) in [4.78, 5) is 1.04. The third kappa shape index (κ3) is 2.54. The number of rotatable bonds is 1. The van der Waals surface area contributed by atoms with Gasteiger partial charge in [-0.15, -0.1) is 11.3 Å². The van der Waals surface area contributed by atoms with E-state index < -0.39 is 5.60 Å². The molecule has 0 radical (unpaired) electrons. The second-order valence-corrected chi connectivity index (χ2v) is 7.91. The minimum Gasteiger partial charge on any atom is -0.384 e. The lowest BCUT2D eigenvalue weighted by atomic mass is 9.63. The summed E-state index contributed by atoms with van der Waals surface area (Å²) in [6.45, 7) is 6.68. The van der Waals surface area contributed by atoms with Crippen molar-refractivity contribution in [2.75, 3.05) is 0 Å². The van der Waals surface area contributed by atoms with Crippen molar-refractivity contribution < 1.29 is 5.11 Å². The van der Waals surface area contributed by atoms with E-state index in [2.05, 4.69) is 20.8 Å². The van der Waals surface area contributed by atoms with Crippen LogP contribution in [0.2, 0.25) is 4.34 Å². The molecule has 1 aromatic heterocycles. The van der Waals surface area contributed by atoms with Gasteiger partial charge in [-0.1, -0.05) is 45.2 Å². The molecule has 0 saturated heterocycles. The van der Waals surface area contributed by atoms with Crippen LogP contribution in [0.5, 0.6) is 0 Å². The van der Waals surface area contributed by atoms with Crippen molar-refractivity contribution in [2.45, 2.75) is 52.1 Å². The Morgan fingerprint density at radius 2 is 2.06 bits per heavy atom. The normalized spacial score (nSPS) is 30.5. The summed E-state index contributed by atoms with van der Waals surface area (Å²) in [6.07, 6.45) is 4.31. The van der Waals surface area contributed by atoms with Crippen LogP contribution in [0.1, 0.15) is 51.3 Å². The van der Waals surface area contributed by atoms with Crippen LogP contribution in [-0.2, 0) is 5.60 Å². The number of hydrogen-bond acceptors (Lipinski definition) is 2. The molecule has 0 spiro atoms. The zero-order valence-electron chi connectivity index (χ0n) is 10.8. The average molecular weight is 273 g/mol. The Hall–Kier alpha value is -0.0500. The number of hydrogen-bond donors (Lipinski definition) is 1. The van der Waals surface area contributed by atoms with Gasteiger partial charge in [0.25, 0.3) is 0 Å². The van der Waals surface area contributed by atoms with E-state index in [1.807, 2.05) is 12.1 Å². The lowest BCUT2D eigenvalue weighted by molar-refractivity contribution is -0.0933. The Kier molecular flexibility index (Phi) is 3.59. The first-order chi connectivity index (χ1) is 7.84. The third-order valence-corrected chi connectivity index (χ3v) is 5.32. The second-order valence-electron chi connectivity index (χ2n) is 6.19. The zero-order valence-corrected chi connectivity index (χ0v) is 12.4. The molecule has 1 aromatic rings. The first-order valence-corrected chi connectivity index (χ1v) is 7.52. The number of aliphatic hydroxyl groups is 1. The van der Waals surface area contributed by atoms with Crippen molar-refractivity contribution in [3.63, 3.8) is 0 Å². The van der Waals surface area contributed by atoms with Gasteiger partial charge in [-0.2, -0.15) is 0 Å². The summed E-state index contributed by atoms with van der Waals surface area (Å²) in [7, 11) is 0. The zero-order chi connectivity index (χ0) is 12.7. The van der Waals surface area contributed by atoms with Gasteiger partial charge in [-0.25, -0.2) is 0 Å². The third-order valence-electron chi connectivity index (χ3n) is 3.92. The molecule has 1 aliphatic carbocycles. The number of thiophene rings is 1. The van der Waals surface area contributed by atoms with E-state index in [0.29, 0.717) is 5.92 Å². The van der Waals surface area contributed by atoms with Gasteiger partial charge < -0.3 is 5.11 Å². The molecule has 2 atom stereocenters. The van der Waals surface area contributed by atoms with Crippen molar-refractivity contribution in [3.05, 3.63) is 21.3 Å². The Morgan fingerprint density at radius 1 is 1.35 bits per heavy atom. The van der Waals surface area contributed by atoms with Crippen LogP contribution in [0.3, 0.4) is 0 Å². The van der Waals surface area contributed by atoms with Crippen LogP contribution >= 0.6 is 22.9 Å². The number of halogens is 1. The summed E-state index contributed by atoms with van der Waals surface area (Å²) < 4.78 is 0.770. The average Bonchev–Trinajstić information content (AvgIpc) is 2.64. The summed E-state index contributed by atoms with van der Waals surface area (Å²) >= 11 is 7.54. The molecule has 0 aromatic carbocycles. The van der Waals surface area contributed by atoms with Crippen molar-refractivity contribution in [1.29, 1.82) is 0 Å². The fraction of sp³-hybridized carbons (Fsp3) is 0.714. The maximum atomic E-state index is 11.1. The van der Waals surface area contributed by atoms with Gasteiger partial charge >= 0.3 is 0 Å². The SMILES string of the molecule is CC(C)(C)C1CCCCC1(O)c1ccc(Cl)s1. The van der Waals surface area contributed by atoms with Crippen molar-refractivity contribution in [2.24, 2.45) is 11.3 Å². The Labute approximate surface area is 113 Å². The fourth-order valence-corrected chi connectivity index (χ4v) is 4.36. The van der Waals surface area contributed by atoms with Gasteiger partial charge in [-0.3, -0.25) is 0 Å². The van der Waals surface area contributed by atoms with E-state index in [1.165, 1.54) is 17.8 Å². The highest BCUT2D eigenvalue weighted by atomic mass is 35.5. The maximum Gasteiger partial charge on any atom is 0.102 e. The predicted octanol–water partition coefficient (Wildman–Crippen LogP) is 4.83. The topological polar surface area (TPSA) is 20.2 Å². The molecule has 2 unspecified atom stereocenters. The van der Waals surface area contributed by atoms with Gasteiger partial charge in [0.1, 0.15) is 5.60 Å². The highest BCUT2D eigenvalue weighted by Gasteiger charge is 2.46. The lowest BCUT2D eigenvalue weighted by Crippen LogP contribution is -2.44. The quantitative estimate of drug-likeness (QED) is 0.777. The van der Waals surface area contributed by atoms with Gasteiger partial charge in [0.2, 0.25) is 0 Å². The molecule has 2 rings (SSSR count). The van der Waals surface area contributed by atoms with Gasteiger partial charge in [-0.05, 0) is 36.3 Å². The van der Waals surface area contributed by atoms with Gasteiger partial charge in [0, 0.05) is 4.88 Å². The van der Waals surface area contributed by atoms with Crippen LogP contribution in [0.4, 0.5) is 0 Å². The predicted molar refractivity (Wildman–Crippen MR) is 74.6 cm³/mol. The molecule has 17 heavy (non-hydrogen) atoms. The van der Waals surface area contributed by atoms with Crippen LogP contribution in [0, 0.1) is 11.3 Å². The van der Waals surface area contributed by atoms with E-state index in [1.54, 1.807) is 0 Å². The monoisotopic (exact) mass is 272 g/mol. The summed E-state index contributed by atoms with van der Waals surface area (Å²) in [5, 5.41) is 11.1. The summed E-state index contributed by atoms with van der Waals surface area (Å²) in [5.74, 6) is 0.318. The molecule has 1 N–H and O–H groups in total. The Morgan fingerprint density at radius 3 is 2.59 bits per heavy atom. The Bertz CT molecular complexity index is 393. The summed E-state index contributed by atoms with van der Waals surface area (Å²) in [5.41, 5.74) is -0.542. The molecule has 3 heteroatoms. The highest BCUT2D eigenvalue weighted by molar-refractivity contribution is 7.16. The van der Waals surface area contributed by atoms with Gasteiger partial charge in [0.15, 0.2) is 0 Å². The van der Waals surface area contributed by atoms with Crippen molar-refractivity contribution >= 4 is 22.9 Å². The first-order valence-electron chi connectivity index (χ1n) is 6.32. The maximum absolute atomic E-state index is 11.1. The van der Waals surface area contributed by atoms with E-state index in [4.69, 9.17) is 11.6 Å². The molecule has 1 saturated carbocycles. The standard InChI is InChI=1S/C14H21ClOS/c1-13(2,3)10-6-4-5-9-14(10,16)11-7-8-12(15)17-11/h7-8,10,16H,4-6,9H2,1-3H3. The molecule has 1 nitrogen and oxygen atoms in total. The molecule has 1 fully saturated rings. The molecular weight excluding hydrogens is 252 g/mol. The van der Waals surface area contributed by atoms with Crippen molar-refractivity contribution in [1.82, 2.24) is 0 Å². The molecule has 1 aliphatic rings. The van der Waals surface area contributed by atoms with E-state index in [-0.39, 0.29) is 5.41 Å². The first kappa shape index (κ1) is 13.4. The molecule has 0 aliphatic heterocycles. The lowest BCUT2D eigenvalue weighted by Gasteiger charge is -2.46. The second kappa shape index (κ2) is 4.56. The molecular formula is C14H21ClOS. The molecule has 96 valence electrons. The van der Waals surface area contributed by atoms with E-state index in [0.717, 1.165) is 28.5 Å². The summed E-state index contributed by atoms with van der Waals surface area (Å²) in [6, 6.07) is 3.89. The highest BCUT2D eigenvalue weighted by Crippen LogP contribution is 2.51. The minimum atomic E-state index is -0.672. The largest absolute Gasteiger partial charge is 0.384 e. The van der Waals surface area contributed by atoms with Crippen molar-refractivity contribution in [3.8, 4) is 0 Å². The van der Waals surface area contributed by atoms with Gasteiger partial charge in [0.05, 0.1) is 4.34 Å². The fourth-order valence-electron chi connectivity index (χ4n) is 3.15. The minimum absolute atomic E-state index is 0.131. The van der Waals surface area contributed by atoms with E-state index in [9.17, 15) is 5.11 Å². The molecule has 0 bridgehead atoms. The Balaban J connectivity index is 2.38. The van der Waals surface area contributed by atoms with Crippen LogP contribution < -0.4 is 0 Å². The molecule has 0 amide bonds. The van der Waals surface area contributed by atoms with Crippen LogP contribution in [-0.4, -0.2) is 5.11 Å². The molecule has 1 heterocycles. The smallest absolute Gasteiger partial charge is 0.102 e. The van der Waals surface area contributed by atoms with E-state index >= 15 is 0 Å². The van der Waals surface area contributed by atoms with Crippen LogP contribution in [0.15, 0.2) is 12.1 Å². The van der Waals surface area contributed by atoms with Crippen LogP contribution in [0.25, 0.3) is 0 Å².